The van der Waals surface area contributed by atoms with Gasteiger partial charge in [-0.2, -0.15) is 4.98 Å². The van der Waals surface area contributed by atoms with E-state index in [0.717, 1.165) is 24.0 Å². The van der Waals surface area contributed by atoms with Gasteiger partial charge >= 0.3 is 0 Å². The van der Waals surface area contributed by atoms with Gasteiger partial charge in [0.15, 0.2) is 6.61 Å². The minimum absolute atomic E-state index is 0.0455. The summed E-state index contributed by atoms with van der Waals surface area (Å²) in [4.78, 5) is 22.4. The van der Waals surface area contributed by atoms with Crippen molar-refractivity contribution < 1.29 is 14.1 Å². The number of rotatable bonds is 6. The fourth-order valence-electron chi connectivity index (χ4n) is 3.19. The van der Waals surface area contributed by atoms with Crippen LogP contribution in [0.25, 0.3) is 0 Å². The molecule has 7 nitrogen and oxygen atoms in total. The molecule has 0 aliphatic carbocycles. The molecule has 0 N–H and O–H groups in total. The third kappa shape index (κ3) is 5.14. The van der Waals surface area contributed by atoms with Crippen molar-refractivity contribution >= 4 is 28.8 Å². The summed E-state index contributed by atoms with van der Waals surface area (Å²) in [6.07, 6.45) is 0. The molecule has 0 spiro atoms. The SMILES string of the molecule is Cc1nc(COc2ccc(C(=O)N3CCN(Cc4ccc(Cl)s4)CC3)cc2)no1. The highest BCUT2D eigenvalue weighted by atomic mass is 35.5. The summed E-state index contributed by atoms with van der Waals surface area (Å²) in [7, 11) is 0. The number of amides is 1. The molecule has 3 heterocycles. The molecular weight excluding hydrogens is 412 g/mol. The molecule has 2 aromatic heterocycles. The number of piperazine rings is 1. The molecule has 1 amide bonds. The lowest BCUT2D eigenvalue weighted by molar-refractivity contribution is 0.0629. The Labute approximate surface area is 177 Å². The maximum absolute atomic E-state index is 12.8. The topological polar surface area (TPSA) is 71.7 Å². The van der Waals surface area contributed by atoms with Crippen LogP contribution in [0.3, 0.4) is 0 Å². The molecule has 152 valence electrons. The van der Waals surface area contributed by atoms with Gasteiger partial charge in [0.25, 0.3) is 5.91 Å². The summed E-state index contributed by atoms with van der Waals surface area (Å²) in [6.45, 7) is 5.97. The van der Waals surface area contributed by atoms with Gasteiger partial charge in [-0.3, -0.25) is 9.69 Å². The Morgan fingerprint density at radius 2 is 1.93 bits per heavy atom. The molecule has 0 saturated carbocycles. The van der Waals surface area contributed by atoms with Gasteiger partial charge in [-0.05, 0) is 36.4 Å². The first-order chi connectivity index (χ1) is 14.1. The first-order valence-corrected chi connectivity index (χ1v) is 10.5. The van der Waals surface area contributed by atoms with Crippen molar-refractivity contribution in [2.45, 2.75) is 20.1 Å². The average Bonchev–Trinajstić information content (AvgIpc) is 3.34. The van der Waals surface area contributed by atoms with Crippen molar-refractivity contribution in [2.75, 3.05) is 26.2 Å². The van der Waals surface area contributed by atoms with Crippen LogP contribution in [0.5, 0.6) is 5.75 Å². The summed E-state index contributed by atoms with van der Waals surface area (Å²) in [6, 6.07) is 11.2. The van der Waals surface area contributed by atoms with Crippen LogP contribution < -0.4 is 4.74 Å². The van der Waals surface area contributed by atoms with Crippen LogP contribution in [0, 0.1) is 6.92 Å². The van der Waals surface area contributed by atoms with Crippen molar-refractivity contribution in [1.29, 1.82) is 0 Å². The quantitative estimate of drug-likeness (QED) is 0.592. The van der Waals surface area contributed by atoms with Gasteiger partial charge in [0.2, 0.25) is 11.7 Å². The third-order valence-corrected chi connectivity index (χ3v) is 5.92. The summed E-state index contributed by atoms with van der Waals surface area (Å²) in [5, 5.41) is 3.79. The second-order valence-corrected chi connectivity index (χ2v) is 8.62. The van der Waals surface area contributed by atoms with Gasteiger partial charge in [-0.1, -0.05) is 16.8 Å². The van der Waals surface area contributed by atoms with Crippen LogP contribution in [0.15, 0.2) is 40.9 Å². The molecule has 3 aromatic rings. The Balaban J connectivity index is 1.27. The molecule has 29 heavy (non-hydrogen) atoms. The first-order valence-electron chi connectivity index (χ1n) is 9.35. The van der Waals surface area contributed by atoms with Crippen LogP contribution in [0.1, 0.15) is 27.0 Å². The number of ether oxygens (including phenoxy) is 1. The number of carbonyl (C=O) groups is 1. The minimum atomic E-state index is 0.0455. The number of nitrogens with zero attached hydrogens (tertiary/aromatic N) is 4. The molecule has 4 rings (SSSR count). The zero-order valence-corrected chi connectivity index (χ0v) is 17.6. The summed E-state index contributed by atoms with van der Waals surface area (Å²) >= 11 is 7.61. The second-order valence-electron chi connectivity index (χ2n) is 6.82. The lowest BCUT2D eigenvalue weighted by atomic mass is 10.1. The van der Waals surface area contributed by atoms with Crippen molar-refractivity contribution in [3.63, 3.8) is 0 Å². The number of benzene rings is 1. The first kappa shape index (κ1) is 19.9. The second kappa shape index (κ2) is 8.94. The number of aromatic nitrogens is 2. The lowest BCUT2D eigenvalue weighted by Crippen LogP contribution is -2.48. The van der Waals surface area contributed by atoms with Crippen LogP contribution in [-0.4, -0.2) is 52.0 Å². The summed E-state index contributed by atoms with van der Waals surface area (Å²) in [5.41, 5.74) is 0.659. The van der Waals surface area contributed by atoms with E-state index < -0.39 is 0 Å². The molecule has 1 aliphatic rings. The third-order valence-electron chi connectivity index (χ3n) is 4.71. The van der Waals surface area contributed by atoms with E-state index in [1.807, 2.05) is 11.0 Å². The van der Waals surface area contributed by atoms with E-state index in [9.17, 15) is 4.79 Å². The van der Waals surface area contributed by atoms with E-state index in [1.54, 1.807) is 42.5 Å². The van der Waals surface area contributed by atoms with Gasteiger partial charge in [0.1, 0.15) is 5.75 Å². The predicted octanol–water partition coefficient (Wildman–Crippen LogP) is 3.63. The van der Waals surface area contributed by atoms with Crippen molar-refractivity contribution in [3.05, 3.63) is 62.9 Å². The van der Waals surface area contributed by atoms with Gasteiger partial charge in [-0.25, -0.2) is 0 Å². The van der Waals surface area contributed by atoms with Crippen LogP contribution in [0.2, 0.25) is 4.34 Å². The number of hydrogen-bond donors (Lipinski definition) is 0. The number of aryl methyl sites for hydroxylation is 1. The normalized spacial score (nSPS) is 14.9. The van der Waals surface area contributed by atoms with Crippen LogP contribution >= 0.6 is 22.9 Å². The number of thiophene rings is 1. The standard InChI is InChI=1S/C20H21ClN4O3S/c1-14-22-19(23-28-14)13-27-16-4-2-15(3-5-16)20(26)25-10-8-24(9-11-25)12-17-6-7-18(21)29-17/h2-7H,8-13H2,1H3. The molecule has 0 bridgehead atoms. The fourth-order valence-corrected chi connectivity index (χ4v) is 4.32. The highest BCUT2D eigenvalue weighted by molar-refractivity contribution is 7.16. The minimum Gasteiger partial charge on any atom is -0.485 e. The molecule has 0 radical (unpaired) electrons. The van der Waals surface area contributed by atoms with E-state index in [1.165, 1.54) is 4.88 Å². The zero-order chi connectivity index (χ0) is 20.2. The number of halogens is 1. The maximum Gasteiger partial charge on any atom is 0.253 e. The van der Waals surface area contributed by atoms with Crippen molar-refractivity contribution in [1.82, 2.24) is 19.9 Å². The molecule has 1 saturated heterocycles. The number of carbonyl (C=O) groups excluding carboxylic acids is 1. The molecule has 1 aliphatic heterocycles. The number of hydrogen-bond acceptors (Lipinski definition) is 7. The Hall–Kier alpha value is -2.42. The van der Waals surface area contributed by atoms with E-state index in [0.29, 0.717) is 36.1 Å². The summed E-state index contributed by atoms with van der Waals surface area (Å²) in [5.74, 6) is 1.70. The highest BCUT2D eigenvalue weighted by Crippen LogP contribution is 2.23. The molecular formula is C20H21ClN4O3S. The van der Waals surface area contributed by atoms with Crippen molar-refractivity contribution in [2.24, 2.45) is 0 Å². The lowest BCUT2D eigenvalue weighted by Gasteiger charge is -2.34. The molecule has 1 aromatic carbocycles. The Bertz CT molecular complexity index is 964. The average molecular weight is 433 g/mol. The van der Waals surface area contributed by atoms with Crippen molar-refractivity contribution in [3.8, 4) is 5.75 Å². The molecule has 0 atom stereocenters. The smallest absolute Gasteiger partial charge is 0.253 e. The van der Waals surface area contributed by atoms with E-state index >= 15 is 0 Å². The molecule has 9 heteroatoms. The molecule has 0 unspecified atom stereocenters. The van der Waals surface area contributed by atoms with E-state index in [-0.39, 0.29) is 12.5 Å². The van der Waals surface area contributed by atoms with Gasteiger partial charge in [0, 0.05) is 50.1 Å². The zero-order valence-electron chi connectivity index (χ0n) is 16.0. The Morgan fingerprint density at radius 3 is 2.55 bits per heavy atom. The summed E-state index contributed by atoms with van der Waals surface area (Å²) < 4.78 is 11.4. The van der Waals surface area contributed by atoms with Crippen LogP contribution in [0.4, 0.5) is 0 Å². The van der Waals surface area contributed by atoms with E-state index in [2.05, 4.69) is 21.1 Å². The monoisotopic (exact) mass is 432 g/mol. The van der Waals surface area contributed by atoms with Gasteiger partial charge < -0.3 is 14.2 Å². The largest absolute Gasteiger partial charge is 0.485 e. The Morgan fingerprint density at radius 1 is 1.17 bits per heavy atom. The van der Waals surface area contributed by atoms with Gasteiger partial charge in [0.05, 0.1) is 4.34 Å². The van der Waals surface area contributed by atoms with Crippen LogP contribution in [-0.2, 0) is 13.2 Å². The Kier molecular flexibility index (Phi) is 6.13. The van der Waals surface area contributed by atoms with Gasteiger partial charge in [-0.15, -0.1) is 11.3 Å². The predicted molar refractivity (Wildman–Crippen MR) is 110 cm³/mol. The fraction of sp³-hybridized carbons (Fsp3) is 0.350. The maximum atomic E-state index is 12.8. The highest BCUT2D eigenvalue weighted by Gasteiger charge is 2.22. The van der Waals surface area contributed by atoms with E-state index in [4.69, 9.17) is 20.9 Å². The molecule has 1 fully saturated rings.